The molecule has 1 atom stereocenters. The third-order valence-corrected chi connectivity index (χ3v) is 4.31. The molecule has 0 amide bonds. The lowest BCUT2D eigenvalue weighted by Gasteiger charge is -2.33. The molecule has 0 radical (unpaired) electrons. The van der Waals surface area contributed by atoms with Gasteiger partial charge in [0.15, 0.2) is 6.17 Å². The van der Waals surface area contributed by atoms with E-state index in [0.717, 1.165) is 18.0 Å². The SMILES string of the molecule is CCCCCCCCCC=CNC(CC)[N+](C)(C)C.COS(=O)(=O)[O-]. The van der Waals surface area contributed by atoms with Gasteiger partial charge < -0.3 is 14.4 Å². The molecule has 0 fully saturated rings. The van der Waals surface area contributed by atoms with Crippen molar-refractivity contribution in [2.75, 3.05) is 28.3 Å². The highest BCUT2D eigenvalue weighted by atomic mass is 32.3. The predicted molar refractivity (Wildman–Crippen MR) is 104 cm³/mol. The van der Waals surface area contributed by atoms with Crippen LogP contribution in [0.2, 0.25) is 0 Å². The number of unbranched alkanes of at least 4 members (excludes halogenated alkanes) is 7. The molecule has 1 N–H and O–H groups in total. The van der Waals surface area contributed by atoms with Crippen molar-refractivity contribution in [3.63, 3.8) is 0 Å². The average molecular weight is 381 g/mol. The van der Waals surface area contributed by atoms with Gasteiger partial charge in [0.1, 0.15) is 0 Å². The zero-order valence-electron chi connectivity index (χ0n) is 17.1. The standard InChI is InChI=1S/C17H37N2.CH4O4S/c1-6-8-9-10-11-12-13-14-15-16-18-17(7-2)19(3,4)5;1-5-6(2,3)4/h15-18H,6-14H2,1-5H3;1H3,(H,2,3,4)/q+1;/p-1. The largest absolute Gasteiger partial charge is 0.726 e. The highest BCUT2D eigenvalue weighted by molar-refractivity contribution is 7.80. The van der Waals surface area contributed by atoms with Crippen molar-refractivity contribution >= 4 is 10.4 Å². The van der Waals surface area contributed by atoms with Gasteiger partial charge in [-0.05, 0) is 19.0 Å². The lowest BCUT2D eigenvalue weighted by molar-refractivity contribution is -0.898. The Morgan fingerprint density at radius 2 is 1.52 bits per heavy atom. The molecule has 25 heavy (non-hydrogen) atoms. The van der Waals surface area contributed by atoms with Gasteiger partial charge in [0.25, 0.3) is 0 Å². The summed E-state index contributed by atoms with van der Waals surface area (Å²) in [5.41, 5.74) is 0. The number of hydrogen-bond donors (Lipinski definition) is 1. The molecule has 1 unspecified atom stereocenters. The van der Waals surface area contributed by atoms with Crippen molar-refractivity contribution in [3.05, 3.63) is 12.3 Å². The first kappa shape index (κ1) is 26.6. The molecule has 0 aliphatic heterocycles. The predicted octanol–water partition coefficient (Wildman–Crippen LogP) is 3.77. The van der Waals surface area contributed by atoms with E-state index in [1.54, 1.807) is 0 Å². The molecule has 0 spiro atoms. The summed E-state index contributed by atoms with van der Waals surface area (Å²) in [4.78, 5) is 0. The minimum Gasteiger partial charge on any atom is -0.726 e. The van der Waals surface area contributed by atoms with Crippen LogP contribution in [0.4, 0.5) is 0 Å². The molecule has 6 nitrogen and oxygen atoms in total. The maximum Gasteiger partial charge on any atom is 0.217 e. The van der Waals surface area contributed by atoms with Crippen LogP contribution < -0.4 is 5.32 Å². The number of nitrogens with one attached hydrogen (secondary N) is 1. The number of hydrogen-bond acceptors (Lipinski definition) is 5. The molecule has 7 heteroatoms. The first-order valence-corrected chi connectivity index (χ1v) is 10.6. The van der Waals surface area contributed by atoms with E-state index >= 15 is 0 Å². The van der Waals surface area contributed by atoms with E-state index in [9.17, 15) is 13.0 Å². The summed E-state index contributed by atoms with van der Waals surface area (Å²) in [6, 6.07) is 0. The Labute approximate surface area is 156 Å². The fourth-order valence-electron chi connectivity index (χ4n) is 2.37. The van der Waals surface area contributed by atoms with Crippen LogP contribution in [0, 0.1) is 0 Å². The second-order valence-electron chi connectivity index (χ2n) is 7.09. The van der Waals surface area contributed by atoms with Gasteiger partial charge in [0, 0.05) is 6.42 Å². The summed E-state index contributed by atoms with van der Waals surface area (Å²) in [6.45, 7) is 4.52. The van der Waals surface area contributed by atoms with Gasteiger partial charge in [0.2, 0.25) is 10.4 Å². The van der Waals surface area contributed by atoms with Crippen molar-refractivity contribution in [2.24, 2.45) is 0 Å². The van der Waals surface area contributed by atoms with E-state index in [-0.39, 0.29) is 0 Å². The first-order chi connectivity index (χ1) is 11.6. The summed E-state index contributed by atoms with van der Waals surface area (Å²) >= 11 is 0. The summed E-state index contributed by atoms with van der Waals surface area (Å²) < 4.78 is 32.0. The van der Waals surface area contributed by atoms with Crippen LogP contribution in [0.25, 0.3) is 0 Å². The van der Waals surface area contributed by atoms with E-state index in [1.165, 1.54) is 51.4 Å². The van der Waals surface area contributed by atoms with Crippen molar-refractivity contribution < 1.29 is 21.6 Å². The monoisotopic (exact) mass is 380 g/mol. The van der Waals surface area contributed by atoms with Crippen LogP contribution in [0.3, 0.4) is 0 Å². The molecule has 0 aromatic heterocycles. The number of allylic oxidation sites excluding steroid dienone is 1. The van der Waals surface area contributed by atoms with Crippen LogP contribution >= 0.6 is 0 Å². The van der Waals surface area contributed by atoms with E-state index in [1.807, 2.05) is 0 Å². The molecule has 0 saturated carbocycles. The summed E-state index contributed by atoms with van der Waals surface area (Å²) in [6.07, 6.45) is 17.1. The van der Waals surface area contributed by atoms with Crippen LogP contribution in [0.1, 0.15) is 71.6 Å². The van der Waals surface area contributed by atoms with E-state index < -0.39 is 10.4 Å². The second-order valence-corrected chi connectivity index (χ2v) is 8.24. The molecule has 0 bridgehead atoms. The third-order valence-electron chi connectivity index (χ3n) is 3.91. The maximum absolute atomic E-state index is 9.22. The number of nitrogens with zero attached hydrogens (tertiary/aromatic N) is 1. The molecule has 0 aliphatic rings. The molecule has 152 valence electrons. The lowest BCUT2D eigenvalue weighted by atomic mass is 10.1. The molecular weight excluding hydrogens is 340 g/mol. The van der Waals surface area contributed by atoms with E-state index in [0.29, 0.717) is 6.17 Å². The third kappa shape index (κ3) is 21.3. The Hall–Kier alpha value is -0.630. The zero-order valence-corrected chi connectivity index (χ0v) is 17.9. The van der Waals surface area contributed by atoms with Crippen LogP contribution in [-0.2, 0) is 14.6 Å². The molecule has 0 rings (SSSR count). The first-order valence-electron chi connectivity index (χ1n) is 9.32. The van der Waals surface area contributed by atoms with Crippen molar-refractivity contribution in [1.29, 1.82) is 0 Å². The summed E-state index contributed by atoms with van der Waals surface area (Å²) in [7, 11) is 3.12. The molecular formula is C18H40N2O4S. The average Bonchev–Trinajstić information content (AvgIpc) is 2.51. The smallest absolute Gasteiger partial charge is 0.217 e. The highest BCUT2D eigenvalue weighted by Gasteiger charge is 2.19. The Balaban J connectivity index is 0. The normalized spacial score (nSPS) is 13.4. The highest BCUT2D eigenvalue weighted by Crippen LogP contribution is 2.08. The minimum absolute atomic E-state index is 0.519. The fraction of sp³-hybridized carbons (Fsp3) is 0.889. The van der Waals surface area contributed by atoms with Gasteiger partial charge in [-0.2, -0.15) is 0 Å². The molecule has 0 aliphatic carbocycles. The molecule has 0 aromatic rings. The van der Waals surface area contributed by atoms with Gasteiger partial charge >= 0.3 is 0 Å². The number of quaternary nitrogens is 1. The Morgan fingerprint density at radius 1 is 1.04 bits per heavy atom. The van der Waals surface area contributed by atoms with Gasteiger partial charge in [-0.25, -0.2) is 8.42 Å². The second kappa shape index (κ2) is 15.6. The van der Waals surface area contributed by atoms with Crippen LogP contribution in [0.15, 0.2) is 12.3 Å². The Kier molecular flexibility index (Phi) is 16.6. The van der Waals surface area contributed by atoms with Gasteiger partial charge in [0.05, 0.1) is 28.3 Å². The van der Waals surface area contributed by atoms with Gasteiger partial charge in [-0.1, -0.05) is 58.4 Å². The fourth-order valence-corrected chi connectivity index (χ4v) is 2.37. The molecule has 0 heterocycles. The topological polar surface area (TPSA) is 78.5 Å². The quantitative estimate of drug-likeness (QED) is 0.173. The van der Waals surface area contributed by atoms with Crippen LogP contribution in [0.5, 0.6) is 0 Å². The van der Waals surface area contributed by atoms with Crippen molar-refractivity contribution in [2.45, 2.75) is 77.8 Å². The maximum atomic E-state index is 9.22. The van der Waals surface area contributed by atoms with E-state index in [2.05, 4.69) is 56.8 Å². The molecule has 0 saturated heterocycles. The van der Waals surface area contributed by atoms with Crippen molar-refractivity contribution in [3.8, 4) is 0 Å². The lowest BCUT2D eigenvalue weighted by Crippen LogP contribution is -2.51. The van der Waals surface area contributed by atoms with Gasteiger partial charge in [-0.15, -0.1) is 0 Å². The van der Waals surface area contributed by atoms with Crippen LogP contribution in [-0.4, -0.2) is 51.9 Å². The summed E-state index contributed by atoms with van der Waals surface area (Å²) in [5.74, 6) is 0. The Bertz CT molecular complexity index is 417. The van der Waals surface area contributed by atoms with Gasteiger partial charge in [-0.3, -0.25) is 4.18 Å². The Morgan fingerprint density at radius 3 is 1.92 bits per heavy atom. The van der Waals surface area contributed by atoms with E-state index in [4.69, 9.17) is 0 Å². The zero-order chi connectivity index (χ0) is 19.8. The number of rotatable bonds is 13. The van der Waals surface area contributed by atoms with Crippen molar-refractivity contribution in [1.82, 2.24) is 5.32 Å². The summed E-state index contributed by atoms with van der Waals surface area (Å²) in [5, 5.41) is 3.52. The molecule has 0 aromatic carbocycles. The minimum atomic E-state index is -4.41.